The van der Waals surface area contributed by atoms with Crippen molar-refractivity contribution in [2.45, 2.75) is 39.4 Å². The molecule has 0 saturated heterocycles. The SMILES string of the molecule is Cc1c(CNC(C)(C)CO)c2ccccc2n1Cc1ccc(Cl)cc1Cl.Cl. The number of hydrogen-bond donors (Lipinski definition) is 2. The summed E-state index contributed by atoms with van der Waals surface area (Å²) >= 11 is 12.4. The fraction of sp³-hybridized carbons (Fsp3) is 0.333. The van der Waals surface area contributed by atoms with Crippen LogP contribution in [0.4, 0.5) is 0 Å². The van der Waals surface area contributed by atoms with Gasteiger partial charge in [-0.1, -0.05) is 47.5 Å². The highest BCUT2D eigenvalue weighted by molar-refractivity contribution is 6.35. The van der Waals surface area contributed by atoms with Gasteiger partial charge in [-0.2, -0.15) is 0 Å². The maximum Gasteiger partial charge on any atom is 0.0607 e. The molecule has 1 aromatic heterocycles. The molecule has 1 heterocycles. The molecule has 0 aliphatic rings. The Labute approximate surface area is 176 Å². The smallest absolute Gasteiger partial charge is 0.0607 e. The van der Waals surface area contributed by atoms with Crippen molar-refractivity contribution in [1.29, 1.82) is 0 Å². The minimum atomic E-state index is -0.324. The van der Waals surface area contributed by atoms with Gasteiger partial charge in [-0.25, -0.2) is 0 Å². The van der Waals surface area contributed by atoms with Crippen LogP contribution in [0.2, 0.25) is 10.0 Å². The molecule has 0 aliphatic heterocycles. The lowest BCUT2D eigenvalue weighted by Crippen LogP contribution is -2.42. The third-order valence-electron chi connectivity index (χ3n) is 4.84. The number of hydrogen-bond acceptors (Lipinski definition) is 2. The number of halogens is 3. The number of aliphatic hydroxyl groups excluding tert-OH is 1. The Hall–Kier alpha value is -1.23. The fourth-order valence-corrected chi connectivity index (χ4v) is 3.60. The Morgan fingerprint density at radius 3 is 2.48 bits per heavy atom. The predicted molar refractivity (Wildman–Crippen MR) is 117 cm³/mol. The molecule has 2 N–H and O–H groups in total. The first kappa shape index (κ1) is 22.1. The van der Waals surface area contributed by atoms with Crippen LogP contribution >= 0.6 is 35.6 Å². The molecule has 6 heteroatoms. The molecule has 27 heavy (non-hydrogen) atoms. The second-order valence-electron chi connectivity index (χ2n) is 7.30. The van der Waals surface area contributed by atoms with Gasteiger partial charge in [-0.05, 0) is 50.1 Å². The molecule has 0 amide bonds. The number of fused-ring (bicyclic) bond motifs is 1. The van der Waals surface area contributed by atoms with E-state index in [1.54, 1.807) is 6.07 Å². The van der Waals surface area contributed by atoms with Crippen LogP contribution in [-0.4, -0.2) is 21.8 Å². The number of aliphatic hydroxyl groups is 1. The summed E-state index contributed by atoms with van der Waals surface area (Å²) in [6, 6.07) is 14.0. The van der Waals surface area contributed by atoms with Crippen molar-refractivity contribution in [3.63, 3.8) is 0 Å². The van der Waals surface area contributed by atoms with Gasteiger partial charge in [-0.3, -0.25) is 0 Å². The minimum absolute atomic E-state index is 0. The van der Waals surface area contributed by atoms with E-state index in [9.17, 15) is 5.11 Å². The van der Waals surface area contributed by atoms with Gasteiger partial charge in [0.2, 0.25) is 0 Å². The van der Waals surface area contributed by atoms with Gasteiger partial charge in [0, 0.05) is 45.3 Å². The molecule has 3 nitrogen and oxygen atoms in total. The first-order valence-corrected chi connectivity index (χ1v) is 9.44. The van der Waals surface area contributed by atoms with Crippen LogP contribution in [0.3, 0.4) is 0 Å². The predicted octanol–water partition coefficient (Wildman–Crippen LogP) is 5.59. The summed E-state index contributed by atoms with van der Waals surface area (Å²) in [6.07, 6.45) is 0. The first-order valence-electron chi connectivity index (χ1n) is 8.69. The van der Waals surface area contributed by atoms with Gasteiger partial charge in [0.15, 0.2) is 0 Å². The Morgan fingerprint density at radius 1 is 1.11 bits per heavy atom. The number of benzene rings is 2. The molecule has 0 unspecified atom stereocenters. The highest BCUT2D eigenvalue weighted by Crippen LogP contribution is 2.29. The van der Waals surface area contributed by atoms with Crippen molar-refractivity contribution < 1.29 is 5.11 Å². The van der Waals surface area contributed by atoms with Crippen molar-refractivity contribution in [3.05, 3.63) is 69.3 Å². The van der Waals surface area contributed by atoms with Gasteiger partial charge < -0.3 is 15.0 Å². The average molecular weight is 428 g/mol. The van der Waals surface area contributed by atoms with Crippen molar-refractivity contribution in [2.24, 2.45) is 0 Å². The summed E-state index contributed by atoms with van der Waals surface area (Å²) in [7, 11) is 0. The number of nitrogens with one attached hydrogen (secondary N) is 1. The number of nitrogens with zero attached hydrogens (tertiary/aromatic N) is 1. The molecule has 0 spiro atoms. The number of rotatable bonds is 6. The van der Waals surface area contributed by atoms with Crippen molar-refractivity contribution in [2.75, 3.05) is 6.61 Å². The quantitative estimate of drug-likeness (QED) is 0.538. The Balaban J connectivity index is 0.00000261. The van der Waals surface area contributed by atoms with E-state index in [0.29, 0.717) is 23.1 Å². The summed E-state index contributed by atoms with van der Waals surface area (Å²) in [5.41, 5.74) is 4.32. The standard InChI is InChI=1S/C21H24Cl2N2O.ClH/c1-14-18(11-24-21(2,3)13-26)17-6-4-5-7-20(17)25(14)12-15-8-9-16(22)10-19(15)23;/h4-10,24,26H,11-13H2,1-3H3;1H. The minimum Gasteiger partial charge on any atom is -0.394 e. The van der Waals surface area contributed by atoms with Crippen molar-refractivity contribution in [1.82, 2.24) is 9.88 Å². The lowest BCUT2D eigenvalue weighted by Gasteiger charge is -2.23. The molecule has 3 aromatic rings. The molecule has 0 bridgehead atoms. The van der Waals surface area contributed by atoms with Gasteiger partial charge in [0.1, 0.15) is 0 Å². The van der Waals surface area contributed by atoms with Crippen molar-refractivity contribution >= 4 is 46.5 Å². The van der Waals surface area contributed by atoms with Crippen LogP contribution in [0.25, 0.3) is 10.9 Å². The first-order chi connectivity index (χ1) is 12.3. The molecule has 0 radical (unpaired) electrons. The largest absolute Gasteiger partial charge is 0.394 e. The van der Waals surface area contributed by atoms with Gasteiger partial charge >= 0.3 is 0 Å². The molecule has 146 valence electrons. The normalized spacial score (nSPS) is 11.6. The third kappa shape index (κ3) is 4.79. The van der Waals surface area contributed by atoms with Crippen LogP contribution < -0.4 is 5.32 Å². The van der Waals surface area contributed by atoms with Gasteiger partial charge in [0.25, 0.3) is 0 Å². The van der Waals surface area contributed by atoms with E-state index in [-0.39, 0.29) is 24.6 Å². The zero-order chi connectivity index (χ0) is 18.9. The Morgan fingerprint density at radius 2 is 1.81 bits per heavy atom. The van der Waals surface area contributed by atoms with E-state index < -0.39 is 0 Å². The molecule has 0 saturated carbocycles. The third-order valence-corrected chi connectivity index (χ3v) is 5.43. The van der Waals surface area contributed by atoms with E-state index in [1.165, 1.54) is 22.2 Å². The highest BCUT2D eigenvalue weighted by atomic mass is 35.5. The molecular weight excluding hydrogens is 403 g/mol. The zero-order valence-corrected chi connectivity index (χ0v) is 18.0. The highest BCUT2D eigenvalue weighted by Gasteiger charge is 2.19. The van der Waals surface area contributed by atoms with Gasteiger partial charge in [-0.15, -0.1) is 12.4 Å². The lowest BCUT2D eigenvalue weighted by atomic mass is 10.1. The van der Waals surface area contributed by atoms with E-state index in [0.717, 1.165) is 5.56 Å². The summed E-state index contributed by atoms with van der Waals surface area (Å²) < 4.78 is 2.29. The van der Waals surface area contributed by atoms with E-state index >= 15 is 0 Å². The van der Waals surface area contributed by atoms with E-state index in [2.05, 4.69) is 41.1 Å². The topological polar surface area (TPSA) is 37.2 Å². The van der Waals surface area contributed by atoms with Crippen LogP contribution in [0, 0.1) is 6.92 Å². The molecular formula is C21H25Cl3N2O. The molecule has 0 atom stereocenters. The molecule has 3 rings (SSSR count). The average Bonchev–Trinajstić information content (AvgIpc) is 2.87. The monoisotopic (exact) mass is 426 g/mol. The molecule has 0 fully saturated rings. The second-order valence-corrected chi connectivity index (χ2v) is 8.14. The van der Waals surface area contributed by atoms with Crippen LogP contribution in [0.5, 0.6) is 0 Å². The summed E-state index contributed by atoms with van der Waals surface area (Å²) in [5, 5.41) is 15.5. The molecule has 2 aromatic carbocycles. The van der Waals surface area contributed by atoms with E-state index in [4.69, 9.17) is 23.2 Å². The van der Waals surface area contributed by atoms with Gasteiger partial charge in [0.05, 0.1) is 6.61 Å². The second kappa shape index (κ2) is 8.85. The maximum absolute atomic E-state index is 9.51. The zero-order valence-electron chi connectivity index (χ0n) is 15.7. The molecule has 0 aliphatic carbocycles. The fourth-order valence-electron chi connectivity index (χ4n) is 3.13. The summed E-state index contributed by atoms with van der Waals surface area (Å²) in [5.74, 6) is 0. The van der Waals surface area contributed by atoms with Crippen LogP contribution in [0.15, 0.2) is 42.5 Å². The Kier molecular flexibility index (Phi) is 7.23. The Bertz CT molecular complexity index is 935. The van der Waals surface area contributed by atoms with Crippen LogP contribution in [-0.2, 0) is 13.1 Å². The number of para-hydroxylation sites is 1. The number of aromatic nitrogens is 1. The lowest BCUT2D eigenvalue weighted by molar-refractivity contribution is 0.187. The summed E-state index contributed by atoms with van der Waals surface area (Å²) in [6.45, 7) is 7.59. The van der Waals surface area contributed by atoms with E-state index in [1.807, 2.05) is 26.0 Å². The van der Waals surface area contributed by atoms with Crippen LogP contribution in [0.1, 0.15) is 30.7 Å². The van der Waals surface area contributed by atoms with Crippen molar-refractivity contribution in [3.8, 4) is 0 Å². The summed E-state index contributed by atoms with van der Waals surface area (Å²) in [4.78, 5) is 0. The maximum atomic E-state index is 9.51.